The number of carbonyl (C=O) groups is 2. The smallest absolute Gasteiger partial charge is 0.341 e. The van der Waals surface area contributed by atoms with Gasteiger partial charge in [-0.1, -0.05) is 58.3 Å². The lowest BCUT2D eigenvalue weighted by molar-refractivity contribution is -0.116. The Balaban J connectivity index is 1.96. The van der Waals surface area contributed by atoms with Crippen LogP contribution >= 0.6 is 11.3 Å². The fourth-order valence-corrected chi connectivity index (χ4v) is 5.15. The Morgan fingerprint density at radius 2 is 1.61 bits per heavy atom. The fourth-order valence-electron chi connectivity index (χ4n) is 3.86. The third-order valence-electron chi connectivity index (χ3n) is 5.41. The van der Waals surface area contributed by atoms with E-state index in [0.717, 1.165) is 44.1 Å². The second-order valence-corrected chi connectivity index (χ2v) is 8.87. The largest absolute Gasteiger partial charge is 0.462 e. The molecule has 0 aromatic carbocycles. The summed E-state index contributed by atoms with van der Waals surface area (Å²) in [5.41, 5.74) is 1.74. The summed E-state index contributed by atoms with van der Waals surface area (Å²) >= 11 is 1.59. The summed E-state index contributed by atoms with van der Waals surface area (Å²) in [6, 6.07) is 0. The van der Waals surface area contributed by atoms with E-state index in [4.69, 9.17) is 4.74 Å². The van der Waals surface area contributed by atoms with Crippen LogP contribution in [0.4, 0.5) is 5.00 Å². The summed E-state index contributed by atoms with van der Waals surface area (Å²) in [5.74, 6) is -0.264. The molecule has 0 fully saturated rings. The topological polar surface area (TPSA) is 55.4 Å². The number of ether oxygens (including phenoxy) is 1. The van der Waals surface area contributed by atoms with Gasteiger partial charge in [0.1, 0.15) is 5.00 Å². The molecule has 2 rings (SSSR count). The highest BCUT2D eigenvalue weighted by Gasteiger charge is 2.26. The summed E-state index contributed by atoms with van der Waals surface area (Å²) in [6.45, 7) is 4.41. The first-order chi connectivity index (χ1) is 13.7. The van der Waals surface area contributed by atoms with Crippen molar-refractivity contribution in [1.82, 2.24) is 0 Å². The Kier molecular flexibility index (Phi) is 10.6. The molecule has 0 bridgehead atoms. The normalized spacial score (nSPS) is 14.1. The Labute approximate surface area is 174 Å². The number of carbonyl (C=O) groups excluding carboxylic acids is 2. The number of hydrogen-bond donors (Lipinski definition) is 1. The summed E-state index contributed by atoms with van der Waals surface area (Å²) in [5, 5.41) is 3.74. The Hall–Kier alpha value is -1.36. The molecule has 1 heterocycles. The molecule has 158 valence electrons. The number of esters is 1. The van der Waals surface area contributed by atoms with Crippen LogP contribution in [0.2, 0.25) is 0 Å². The van der Waals surface area contributed by atoms with Crippen LogP contribution in [0.5, 0.6) is 0 Å². The van der Waals surface area contributed by atoms with Crippen LogP contribution in [0.15, 0.2) is 0 Å². The molecule has 0 radical (unpaired) electrons. The first-order valence-electron chi connectivity index (χ1n) is 11.3. The molecule has 1 amide bonds. The van der Waals surface area contributed by atoms with Gasteiger partial charge in [-0.3, -0.25) is 4.79 Å². The lowest BCUT2D eigenvalue weighted by Gasteiger charge is -2.11. The van der Waals surface area contributed by atoms with Crippen LogP contribution in [-0.2, 0) is 22.4 Å². The quantitative estimate of drug-likeness (QED) is 0.329. The molecule has 5 heteroatoms. The van der Waals surface area contributed by atoms with Crippen LogP contribution in [0.1, 0.15) is 112 Å². The van der Waals surface area contributed by atoms with Crippen molar-refractivity contribution >= 4 is 28.2 Å². The van der Waals surface area contributed by atoms with Gasteiger partial charge in [0.15, 0.2) is 0 Å². The Morgan fingerprint density at radius 3 is 2.32 bits per heavy atom. The molecule has 4 nitrogen and oxygen atoms in total. The molecule has 1 N–H and O–H groups in total. The van der Waals surface area contributed by atoms with Gasteiger partial charge in [0.25, 0.3) is 0 Å². The molecule has 0 aliphatic heterocycles. The van der Waals surface area contributed by atoms with E-state index in [2.05, 4.69) is 12.2 Å². The number of nitrogens with one attached hydrogen (secondary N) is 1. The lowest BCUT2D eigenvalue weighted by Crippen LogP contribution is -2.15. The number of rotatable bonds is 11. The molecule has 0 saturated heterocycles. The zero-order valence-electron chi connectivity index (χ0n) is 17.7. The lowest BCUT2D eigenvalue weighted by atomic mass is 9.96. The third kappa shape index (κ3) is 7.23. The van der Waals surface area contributed by atoms with E-state index in [-0.39, 0.29) is 11.9 Å². The molecule has 0 saturated carbocycles. The first kappa shape index (κ1) is 22.9. The molecule has 28 heavy (non-hydrogen) atoms. The maximum Gasteiger partial charge on any atom is 0.341 e. The maximum absolute atomic E-state index is 12.6. The van der Waals surface area contributed by atoms with Crippen molar-refractivity contribution in [1.29, 1.82) is 0 Å². The second-order valence-electron chi connectivity index (χ2n) is 7.76. The van der Waals surface area contributed by atoms with Crippen LogP contribution in [0, 0.1) is 0 Å². The van der Waals surface area contributed by atoms with Crippen LogP contribution in [0.3, 0.4) is 0 Å². The van der Waals surface area contributed by atoms with E-state index in [9.17, 15) is 9.59 Å². The number of fused-ring (bicyclic) bond motifs is 1. The molecule has 1 aromatic rings. The van der Waals surface area contributed by atoms with Gasteiger partial charge >= 0.3 is 5.97 Å². The van der Waals surface area contributed by atoms with Crippen LogP contribution in [0.25, 0.3) is 0 Å². The maximum atomic E-state index is 12.6. The molecule has 0 atom stereocenters. The summed E-state index contributed by atoms with van der Waals surface area (Å²) < 4.78 is 5.31. The molecule has 1 aliphatic carbocycles. The van der Waals surface area contributed by atoms with E-state index in [1.54, 1.807) is 11.3 Å². The fraction of sp³-hybridized carbons (Fsp3) is 0.739. The summed E-state index contributed by atoms with van der Waals surface area (Å²) in [4.78, 5) is 26.3. The average Bonchev–Trinajstić information content (AvgIpc) is 2.97. The molecular weight excluding hydrogens is 370 g/mol. The molecule has 1 aliphatic rings. The Morgan fingerprint density at radius 1 is 0.929 bits per heavy atom. The SMILES string of the molecule is CCCCCCCCCC(=O)Nc1sc2c(c1C(=O)OCC)CCCCCC2. The highest BCUT2D eigenvalue weighted by Crippen LogP contribution is 2.37. The number of thiophene rings is 1. The standard InChI is InChI=1S/C23H37NO3S/c1-3-5-6-7-8-9-14-17-20(25)24-22-21(23(26)27-4-2)18-15-12-10-11-13-16-19(18)28-22/h3-17H2,1-2H3,(H,24,25). The predicted octanol–water partition coefficient (Wildman–Crippen LogP) is 6.66. The van der Waals surface area contributed by atoms with E-state index < -0.39 is 0 Å². The van der Waals surface area contributed by atoms with Crippen molar-refractivity contribution in [2.45, 2.75) is 104 Å². The Bertz CT molecular complexity index is 624. The second kappa shape index (κ2) is 13.0. The number of hydrogen-bond acceptors (Lipinski definition) is 4. The molecule has 0 spiro atoms. The minimum Gasteiger partial charge on any atom is -0.462 e. The van der Waals surface area contributed by atoms with Gasteiger partial charge in [-0.25, -0.2) is 4.79 Å². The zero-order chi connectivity index (χ0) is 20.2. The van der Waals surface area contributed by atoms with Gasteiger partial charge < -0.3 is 10.1 Å². The van der Waals surface area contributed by atoms with Gasteiger partial charge in [-0.2, -0.15) is 0 Å². The number of anilines is 1. The predicted molar refractivity (Wildman–Crippen MR) is 117 cm³/mol. The molecule has 0 unspecified atom stereocenters. The monoisotopic (exact) mass is 407 g/mol. The van der Waals surface area contributed by atoms with Gasteiger partial charge in [-0.05, 0) is 44.6 Å². The minimum atomic E-state index is -0.285. The van der Waals surface area contributed by atoms with Gasteiger partial charge in [0.05, 0.1) is 12.2 Å². The number of amides is 1. The minimum absolute atomic E-state index is 0.0216. The first-order valence-corrected chi connectivity index (χ1v) is 12.1. The number of unbranched alkanes of at least 4 members (excludes halogenated alkanes) is 6. The van der Waals surface area contributed by atoms with Gasteiger partial charge in [0, 0.05) is 11.3 Å². The molecular formula is C23H37NO3S. The van der Waals surface area contributed by atoms with Crippen molar-refractivity contribution in [3.8, 4) is 0 Å². The van der Waals surface area contributed by atoms with Crippen molar-refractivity contribution < 1.29 is 14.3 Å². The van der Waals surface area contributed by atoms with Crippen molar-refractivity contribution in [2.75, 3.05) is 11.9 Å². The van der Waals surface area contributed by atoms with Crippen molar-refractivity contribution in [3.63, 3.8) is 0 Å². The van der Waals surface area contributed by atoms with E-state index in [1.807, 2.05) is 6.92 Å². The average molecular weight is 408 g/mol. The van der Waals surface area contributed by atoms with Crippen LogP contribution < -0.4 is 5.32 Å². The number of aryl methyl sites for hydroxylation is 1. The summed E-state index contributed by atoms with van der Waals surface area (Å²) in [7, 11) is 0. The zero-order valence-corrected chi connectivity index (χ0v) is 18.6. The highest BCUT2D eigenvalue weighted by atomic mass is 32.1. The van der Waals surface area contributed by atoms with Crippen molar-refractivity contribution in [2.24, 2.45) is 0 Å². The van der Waals surface area contributed by atoms with Crippen LogP contribution in [-0.4, -0.2) is 18.5 Å². The van der Waals surface area contributed by atoms with Gasteiger partial charge in [0.2, 0.25) is 5.91 Å². The van der Waals surface area contributed by atoms with E-state index in [1.165, 1.54) is 49.8 Å². The van der Waals surface area contributed by atoms with Crippen molar-refractivity contribution in [3.05, 3.63) is 16.0 Å². The van der Waals surface area contributed by atoms with E-state index >= 15 is 0 Å². The summed E-state index contributed by atoms with van der Waals surface area (Å²) in [6.07, 6.45) is 15.5. The molecule has 1 aromatic heterocycles. The van der Waals surface area contributed by atoms with E-state index in [0.29, 0.717) is 23.6 Å². The highest BCUT2D eigenvalue weighted by molar-refractivity contribution is 7.17. The van der Waals surface area contributed by atoms with Gasteiger partial charge in [-0.15, -0.1) is 11.3 Å². The third-order valence-corrected chi connectivity index (χ3v) is 6.62.